The molecule has 1 nitrogen and oxygen atoms in total. The summed E-state index contributed by atoms with van der Waals surface area (Å²) < 4.78 is 0. The molecule has 0 bridgehead atoms. The second kappa shape index (κ2) is 5.99. The molecule has 0 radical (unpaired) electrons. The van der Waals surface area contributed by atoms with E-state index in [1.807, 2.05) is 0 Å². The van der Waals surface area contributed by atoms with Crippen LogP contribution in [0, 0.1) is 0 Å². The Balaban J connectivity index is 2.17. The monoisotopic (exact) mass is 355 g/mol. The van der Waals surface area contributed by atoms with Crippen LogP contribution >= 0.6 is 0 Å². The van der Waals surface area contributed by atoms with Crippen molar-refractivity contribution in [3.05, 3.63) is 88.3 Å². The fourth-order valence-electron chi connectivity index (χ4n) is 4.08. The largest absolute Gasteiger partial charge is 0.378 e. The Labute approximate surface area is 156 Å². The standard InChI is InChI=1S/C24H25NSi/c1-17-11-13-20-22(15-17)26(4,5)23-16-19(25(2)3)12-14-21(23)24(20)18-9-7-6-8-10-18/h6-16H,1H2,2-5H3. The minimum Gasteiger partial charge on any atom is -0.378 e. The van der Waals surface area contributed by atoms with E-state index >= 15 is 0 Å². The molecule has 0 atom stereocenters. The lowest BCUT2D eigenvalue weighted by molar-refractivity contribution is 1.13. The molecule has 0 amide bonds. The zero-order chi connectivity index (χ0) is 18.5. The highest BCUT2D eigenvalue weighted by Crippen LogP contribution is 2.26. The van der Waals surface area contributed by atoms with Crippen molar-refractivity contribution < 1.29 is 0 Å². The maximum atomic E-state index is 4.20. The minimum atomic E-state index is -1.80. The van der Waals surface area contributed by atoms with Crippen molar-refractivity contribution in [1.82, 2.24) is 0 Å². The topological polar surface area (TPSA) is 3.24 Å². The van der Waals surface area contributed by atoms with Crippen LogP contribution in [0.5, 0.6) is 0 Å². The van der Waals surface area contributed by atoms with Crippen molar-refractivity contribution in [2.24, 2.45) is 0 Å². The average Bonchev–Trinajstić information content (AvgIpc) is 2.63. The molecular weight excluding hydrogens is 330 g/mol. The highest BCUT2D eigenvalue weighted by atomic mass is 28.3. The summed E-state index contributed by atoms with van der Waals surface area (Å²) in [5, 5.41) is 5.49. The molecule has 0 saturated carbocycles. The van der Waals surface area contributed by atoms with E-state index in [1.165, 1.54) is 38.0 Å². The summed E-state index contributed by atoms with van der Waals surface area (Å²) in [6.07, 6.45) is 0. The zero-order valence-electron chi connectivity index (χ0n) is 16.0. The van der Waals surface area contributed by atoms with Gasteiger partial charge < -0.3 is 4.90 Å². The van der Waals surface area contributed by atoms with E-state index in [9.17, 15) is 0 Å². The molecule has 4 rings (SSSR count). The summed E-state index contributed by atoms with van der Waals surface area (Å²) in [6, 6.07) is 24.5. The molecule has 1 aliphatic rings. The van der Waals surface area contributed by atoms with Gasteiger partial charge in [-0.25, -0.2) is 0 Å². The Kier molecular flexibility index (Phi) is 3.89. The summed E-state index contributed by atoms with van der Waals surface area (Å²) in [4.78, 5) is 2.19. The number of rotatable bonds is 2. The van der Waals surface area contributed by atoms with Gasteiger partial charge in [0.05, 0.1) is 0 Å². The van der Waals surface area contributed by atoms with Gasteiger partial charge in [-0.15, -0.1) is 0 Å². The first-order valence-electron chi connectivity index (χ1n) is 9.11. The molecule has 2 heteroatoms. The van der Waals surface area contributed by atoms with Gasteiger partial charge >= 0.3 is 0 Å². The predicted octanol–water partition coefficient (Wildman–Crippen LogP) is 2.55. The van der Waals surface area contributed by atoms with E-state index in [2.05, 4.69) is 105 Å². The van der Waals surface area contributed by atoms with Gasteiger partial charge in [-0.2, -0.15) is 0 Å². The molecule has 0 N–H and O–H groups in total. The molecule has 0 unspecified atom stereocenters. The Morgan fingerprint density at radius 3 is 2.23 bits per heavy atom. The number of nitrogens with zero attached hydrogens (tertiary/aromatic N) is 1. The van der Waals surface area contributed by atoms with Gasteiger partial charge in [0.2, 0.25) is 0 Å². The van der Waals surface area contributed by atoms with Crippen LogP contribution < -0.4 is 25.7 Å². The van der Waals surface area contributed by atoms with Gasteiger partial charge in [-0.05, 0) is 49.6 Å². The van der Waals surface area contributed by atoms with Crippen molar-refractivity contribution in [3.8, 4) is 0 Å². The first kappa shape index (κ1) is 16.9. The SMILES string of the molecule is C=c1ccc2c(c1)[Si](C)(C)c1cc(N(C)C)ccc1C=2c1ccccc1. The van der Waals surface area contributed by atoms with Gasteiger partial charge in [0.25, 0.3) is 0 Å². The average molecular weight is 356 g/mol. The van der Waals surface area contributed by atoms with Crippen molar-refractivity contribution in [2.75, 3.05) is 19.0 Å². The fourth-order valence-corrected chi connectivity index (χ4v) is 7.19. The third kappa shape index (κ3) is 2.53. The maximum Gasteiger partial charge on any atom is 0.113 e. The van der Waals surface area contributed by atoms with Gasteiger partial charge in [0, 0.05) is 19.8 Å². The third-order valence-corrected chi connectivity index (χ3v) is 9.07. The normalized spacial score (nSPS) is 14.5. The Morgan fingerprint density at radius 2 is 1.54 bits per heavy atom. The van der Waals surface area contributed by atoms with Gasteiger partial charge in [-0.3, -0.25) is 0 Å². The van der Waals surface area contributed by atoms with Crippen molar-refractivity contribution in [3.63, 3.8) is 0 Å². The minimum absolute atomic E-state index is 1.10. The van der Waals surface area contributed by atoms with Crippen LogP contribution in [0.1, 0.15) is 11.1 Å². The molecular formula is C24H25NSi. The van der Waals surface area contributed by atoms with Crippen LogP contribution in [0.3, 0.4) is 0 Å². The molecule has 1 heterocycles. The summed E-state index contributed by atoms with van der Waals surface area (Å²) in [7, 11) is 2.43. The number of fused-ring (bicyclic) bond motifs is 2. The molecule has 0 fully saturated rings. The highest BCUT2D eigenvalue weighted by molar-refractivity contribution is 7.01. The summed E-state index contributed by atoms with van der Waals surface area (Å²) in [5.41, 5.74) is 5.30. The van der Waals surface area contributed by atoms with Gasteiger partial charge in [0.15, 0.2) is 0 Å². The lowest BCUT2D eigenvalue weighted by Gasteiger charge is -2.34. The Morgan fingerprint density at radius 1 is 0.808 bits per heavy atom. The quantitative estimate of drug-likeness (QED) is 0.639. The van der Waals surface area contributed by atoms with E-state index in [1.54, 1.807) is 0 Å². The molecule has 0 spiro atoms. The van der Waals surface area contributed by atoms with Crippen molar-refractivity contribution in [1.29, 1.82) is 0 Å². The van der Waals surface area contributed by atoms with E-state index in [4.69, 9.17) is 0 Å². The predicted molar refractivity (Wildman–Crippen MR) is 117 cm³/mol. The molecule has 0 aromatic heterocycles. The van der Waals surface area contributed by atoms with Crippen molar-refractivity contribution in [2.45, 2.75) is 13.1 Å². The smallest absolute Gasteiger partial charge is 0.113 e. The number of hydrogen-bond donors (Lipinski definition) is 0. The first-order chi connectivity index (χ1) is 12.4. The molecule has 26 heavy (non-hydrogen) atoms. The number of anilines is 1. The molecule has 0 saturated heterocycles. The lowest BCUT2D eigenvalue weighted by atomic mass is 9.94. The van der Waals surface area contributed by atoms with E-state index in [-0.39, 0.29) is 0 Å². The second-order valence-corrected chi connectivity index (χ2v) is 12.2. The zero-order valence-corrected chi connectivity index (χ0v) is 17.0. The van der Waals surface area contributed by atoms with Crippen LogP contribution in [0.4, 0.5) is 5.69 Å². The number of benzene rings is 3. The lowest BCUT2D eigenvalue weighted by Crippen LogP contribution is -2.63. The fraction of sp³-hybridized carbons (Fsp3) is 0.167. The Bertz CT molecular complexity index is 1090. The molecule has 130 valence electrons. The number of hydrogen-bond acceptors (Lipinski definition) is 1. The molecule has 0 aliphatic carbocycles. The Hall–Kier alpha value is -2.58. The van der Waals surface area contributed by atoms with Crippen molar-refractivity contribution >= 4 is 36.3 Å². The van der Waals surface area contributed by atoms with Gasteiger partial charge in [-0.1, -0.05) is 74.3 Å². The van der Waals surface area contributed by atoms with Crippen LogP contribution in [0.15, 0.2) is 66.7 Å². The second-order valence-electron chi connectivity index (χ2n) is 7.87. The maximum absolute atomic E-state index is 4.20. The molecule has 3 aromatic rings. The van der Waals surface area contributed by atoms with E-state index in [0.29, 0.717) is 0 Å². The van der Waals surface area contributed by atoms with Crippen LogP contribution in [0.25, 0.3) is 12.2 Å². The highest BCUT2D eigenvalue weighted by Gasteiger charge is 2.35. The van der Waals surface area contributed by atoms with Crippen LogP contribution in [-0.2, 0) is 0 Å². The summed E-state index contributed by atoms with van der Waals surface area (Å²) in [6.45, 7) is 9.13. The van der Waals surface area contributed by atoms with Crippen LogP contribution in [0.2, 0.25) is 13.1 Å². The van der Waals surface area contributed by atoms with Crippen LogP contribution in [-0.4, -0.2) is 22.2 Å². The first-order valence-corrected chi connectivity index (χ1v) is 12.1. The van der Waals surface area contributed by atoms with E-state index < -0.39 is 8.07 Å². The summed E-state index contributed by atoms with van der Waals surface area (Å²) >= 11 is 0. The van der Waals surface area contributed by atoms with E-state index in [0.717, 1.165) is 5.22 Å². The molecule has 1 aliphatic heterocycles. The summed E-state index contributed by atoms with van der Waals surface area (Å²) in [5.74, 6) is 0. The van der Waals surface area contributed by atoms with Gasteiger partial charge in [0.1, 0.15) is 8.07 Å². The third-order valence-electron chi connectivity index (χ3n) is 5.55. The molecule has 3 aromatic carbocycles.